The van der Waals surface area contributed by atoms with Gasteiger partial charge in [0.15, 0.2) is 0 Å². The summed E-state index contributed by atoms with van der Waals surface area (Å²) in [4.78, 5) is 8.58. The summed E-state index contributed by atoms with van der Waals surface area (Å²) < 4.78 is 11.7. The molecular weight excluding hydrogens is 447 g/mol. The zero-order valence-electron chi connectivity index (χ0n) is 18.6. The lowest BCUT2D eigenvalue weighted by Gasteiger charge is -2.32. The first-order chi connectivity index (χ1) is 15.3. The van der Waals surface area contributed by atoms with Crippen molar-refractivity contribution in [2.24, 2.45) is 23.5 Å². The Morgan fingerprint density at radius 2 is 2.12 bits per heavy atom. The molecule has 0 spiro atoms. The maximum Gasteiger partial charge on any atom is 0.132 e. The van der Waals surface area contributed by atoms with Gasteiger partial charge in [-0.15, -0.1) is 11.6 Å². The van der Waals surface area contributed by atoms with Crippen molar-refractivity contribution in [2.75, 3.05) is 7.11 Å². The number of allylic oxidation sites excluding steroid dienone is 5. The quantitative estimate of drug-likeness (QED) is 0.322. The fourth-order valence-corrected chi connectivity index (χ4v) is 4.92. The number of nitrogens with one attached hydrogen (secondary N) is 1. The zero-order valence-corrected chi connectivity index (χ0v) is 20.1. The van der Waals surface area contributed by atoms with E-state index >= 15 is 0 Å². The van der Waals surface area contributed by atoms with Crippen LogP contribution in [0.25, 0.3) is 0 Å². The van der Waals surface area contributed by atoms with Crippen molar-refractivity contribution in [3.8, 4) is 0 Å². The van der Waals surface area contributed by atoms with Crippen LogP contribution < -0.4 is 11.1 Å². The molecule has 2 unspecified atom stereocenters. The van der Waals surface area contributed by atoms with E-state index in [2.05, 4.69) is 34.9 Å². The van der Waals surface area contributed by atoms with Gasteiger partial charge in [-0.05, 0) is 43.2 Å². The van der Waals surface area contributed by atoms with Crippen LogP contribution in [0.1, 0.15) is 24.7 Å². The lowest BCUT2D eigenvalue weighted by Crippen LogP contribution is -2.30. The summed E-state index contributed by atoms with van der Waals surface area (Å²) in [6.45, 7) is 8.12. The third-order valence-corrected chi connectivity index (χ3v) is 6.51. The molecule has 2 aliphatic rings. The number of nitrogens with zero attached hydrogens (tertiary/aromatic N) is 2. The second-order valence-electron chi connectivity index (χ2n) is 8.07. The zero-order chi connectivity index (χ0) is 23.3. The number of aryl methyl sites for hydroxylation is 1. The minimum Gasteiger partial charge on any atom is -0.501 e. The summed E-state index contributed by atoms with van der Waals surface area (Å²) in [5, 5.41) is 3.92. The summed E-state index contributed by atoms with van der Waals surface area (Å²) in [6.07, 6.45) is 13.4. The molecule has 32 heavy (non-hydrogen) atoms. The summed E-state index contributed by atoms with van der Waals surface area (Å²) in [5.41, 5.74) is 8.22. The molecule has 1 aromatic rings. The van der Waals surface area contributed by atoms with Gasteiger partial charge in [0, 0.05) is 35.2 Å². The monoisotopic (exact) mass is 476 g/mol. The standard InChI is InChI=1S/C24H30Cl2N4O2/c1-14(25)5-6-17(10-27)23-16(3)22(24(26)30-23)20-8-7-19(9-21(20)31-4)32-13-18-12-28-15(2)11-29-18/h5-7,9-12,16,20,22-24,30H,1,8,13,27H2,2-4H3/b6-5-,17-10+/t16-,20?,22-,23+,24?/m0/s1. The first kappa shape index (κ1) is 24.4. The van der Waals surface area contributed by atoms with Gasteiger partial charge >= 0.3 is 0 Å². The summed E-state index contributed by atoms with van der Waals surface area (Å²) in [6, 6.07) is -0.000360. The summed E-state index contributed by atoms with van der Waals surface area (Å²) in [5.74, 6) is 2.07. The highest BCUT2D eigenvalue weighted by molar-refractivity contribution is 6.30. The lowest BCUT2D eigenvalue weighted by molar-refractivity contribution is 0.162. The third kappa shape index (κ3) is 5.74. The Kier molecular flexibility index (Phi) is 8.40. The van der Waals surface area contributed by atoms with Gasteiger partial charge in [0.2, 0.25) is 0 Å². The first-order valence-corrected chi connectivity index (χ1v) is 11.4. The Bertz CT molecular complexity index is 940. The Balaban J connectivity index is 1.70. The van der Waals surface area contributed by atoms with E-state index < -0.39 is 0 Å². The van der Waals surface area contributed by atoms with Crippen molar-refractivity contribution in [3.05, 3.63) is 83.0 Å². The molecule has 1 aliphatic heterocycles. The highest BCUT2D eigenvalue weighted by Crippen LogP contribution is 2.44. The van der Waals surface area contributed by atoms with E-state index in [0.717, 1.165) is 34.9 Å². The number of rotatable bonds is 8. The Labute approximate surface area is 199 Å². The second kappa shape index (κ2) is 11.0. The average molecular weight is 477 g/mol. The van der Waals surface area contributed by atoms with Gasteiger partial charge in [0.25, 0.3) is 0 Å². The molecular formula is C24H30Cl2N4O2. The van der Waals surface area contributed by atoms with Crippen LogP contribution in [-0.2, 0) is 16.1 Å². The van der Waals surface area contributed by atoms with Crippen LogP contribution in [0.2, 0.25) is 0 Å². The maximum absolute atomic E-state index is 6.78. The molecule has 1 saturated heterocycles. The molecule has 3 N–H and O–H groups in total. The number of ether oxygens (including phenoxy) is 2. The van der Waals surface area contributed by atoms with E-state index in [1.54, 1.807) is 31.8 Å². The number of hydrogen-bond donors (Lipinski definition) is 2. The number of nitrogens with two attached hydrogens (primary N) is 1. The van der Waals surface area contributed by atoms with Crippen LogP contribution in [0, 0.1) is 24.7 Å². The van der Waals surface area contributed by atoms with E-state index in [-0.39, 0.29) is 29.3 Å². The van der Waals surface area contributed by atoms with E-state index in [4.69, 9.17) is 38.4 Å². The van der Waals surface area contributed by atoms with Crippen molar-refractivity contribution in [2.45, 2.75) is 38.4 Å². The topological polar surface area (TPSA) is 82.3 Å². The average Bonchev–Trinajstić information content (AvgIpc) is 3.07. The number of alkyl halides is 1. The Hall–Kier alpha value is -2.28. The molecule has 1 aromatic heterocycles. The fraction of sp³-hybridized carbons (Fsp3) is 0.417. The Morgan fingerprint density at radius 1 is 1.34 bits per heavy atom. The molecule has 0 bridgehead atoms. The van der Waals surface area contributed by atoms with Crippen molar-refractivity contribution in [3.63, 3.8) is 0 Å². The van der Waals surface area contributed by atoms with Gasteiger partial charge in [-0.1, -0.05) is 31.2 Å². The second-order valence-corrected chi connectivity index (χ2v) is 9.02. The van der Waals surface area contributed by atoms with Crippen molar-refractivity contribution >= 4 is 23.2 Å². The first-order valence-electron chi connectivity index (χ1n) is 10.5. The summed E-state index contributed by atoms with van der Waals surface area (Å²) >= 11 is 12.7. The van der Waals surface area contributed by atoms with Gasteiger partial charge in [0.1, 0.15) is 18.1 Å². The van der Waals surface area contributed by atoms with Gasteiger partial charge in [-0.3, -0.25) is 15.3 Å². The van der Waals surface area contributed by atoms with Crippen LogP contribution in [0.15, 0.2) is 71.6 Å². The molecule has 0 aromatic carbocycles. The van der Waals surface area contributed by atoms with Gasteiger partial charge in [-0.2, -0.15) is 0 Å². The number of halogens is 2. The number of hydrogen-bond acceptors (Lipinski definition) is 6. The van der Waals surface area contributed by atoms with Crippen LogP contribution in [0.4, 0.5) is 0 Å². The van der Waals surface area contributed by atoms with Crippen LogP contribution >= 0.6 is 23.2 Å². The number of methoxy groups -OCH3 is 1. The highest BCUT2D eigenvalue weighted by atomic mass is 35.5. The fourth-order valence-electron chi connectivity index (χ4n) is 4.32. The highest BCUT2D eigenvalue weighted by Gasteiger charge is 2.46. The maximum atomic E-state index is 6.78. The largest absolute Gasteiger partial charge is 0.501 e. The lowest BCUT2D eigenvalue weighted by atomic mass is 9.76. The normalized spacial score (nSPS) is 28.4. The van der Waals surface area contributed by atoms with E-state index in [1.807, 2.05) is 19.1 Å². The SMILES string of the molecule is C=C(Cl)/C=C\C(=C/N)[C@@H]1NC(Cl)[C@H](C2CC=C(OCc3cnc(C)cn3)C=C2OC)[C@@H]1C. The molecule has 1 aliphatic carbocycles. The predicted octanol–water partition coefficient (Wildman–Crippen LogP) is 4.68. The molecule has 6 nitrogen and oxygen atoms in total. The van der Waals surface area contributed by atoms with E-state index in [0.29, 0.717) is 11.6 Å². The summed E-state index contributed by atoms with van der Waals surface area (Å²) in [7, 11) is 1.68. The Morgan fingerprint density at radius 3 is 2.75 bits per heavy atom. The van der Waals surface area contributed by atoms with Gasteiger partial charge in [-0.25, -0.2) is 0 Å². The molecule has 0 radical (unpaired) electrons. The van der Waals surface area contributed by atoms with Crippen molar-refractivity contribution in [1.82, 2.24) is 15.3 Å². The van der Waals surface area contributed by atoms with Crippen LogP contribution in [0.5, 0.6) is 0 Å². The van der Waals surface area contributed by atoms with Crippen LogP contribution in [-0.4, -0.2) is 28.6 Å². The molecule has 172 valence electrons. The van der Waals surface area contributed by atoms with E-state index in [1.165, 1.54) is 0 Å². The van der Waals surface area contributed by atoms with E-state index in [9.17, 15) is 0 Å². The molecule has 1 fully saturated rings. The minimum atomic E-state index is -0.236. The molecule has 0 amide bonds. The van der Waals surface area contributed by atoms with Crippen molar-refractivity contribution in [1.29, 1.82) is 0 Å². The van der Waals surface area contributed by atoms with Gasteiger partial charge in [0.05, 0.1) is 30.2 Å². The smallest absolute Gasteiger partial charge is 0.132 e. The number of aromatic nitrogens is 2. The minimum absolute atomic E-state index is 0.000360. The molecule has 2 heterocycles. The third-order valence-electron chi connectivity index (χ3n) is 5.96. The molecule has 5 atom stereocenters. The molecule has 8 heteroatoms. The molecule has 3 rings (SSSR count). The predicted molar refractivity (Wildman–Crippen MR) is 128 cm³/mol. The van der Waals surface area contributed by atoms with Crippen molar-refractivity contribution < 1.29 is 9.47 Å². The van der Waals surface area contributed by atoms with Crippen LogP contribution in [0.3, 0.4) is 0 Å². The molecule has 0 saturated carbocycles. The van der Waals surface area contributed by atoms with Gasteiger partial charge < -0.3 is 15.2 Å².